The fraction of sp³-hybridized carbons (Fsp3) is 0.250. The first-order valence-corrected chi connectivity index (χ1v) is 5.73. The molecule has 18 heavy (non-hydrogen) atoms. The number of hydrogen-bond donors (Lipinski definition) is 1. The smallest absolute Gasteiger partial charge is 0.144 e. The quantitative estimate of drug-likeness (QED) is 0.871. The second-order valence-electron chi connectivity index (χ2n) is 4.11. The molecule has 0 amide bonds. The fourth-order valence-electron chi connectivity index (χ4n) is 1.70. The van der Waals surface area contributed by atoms with Gasteiger partial charge in [-0.1, -0.05) is 16.8 Å². The molecule has 4 nitrogen and oxygen atoms in total. The molecule has 1 aromatic carbocycles. The third-order valence-electron chi connectivity index (χ3n) is 2.56. The molecule has 0 spiro atoms. The molecule has 0 radical (unpaired) electrons. The summed E-state index contributed by atoms with van der Waals surface area (Å²) in [6.07, 6.45) is 0. The highest BCUT2D eigenvalue weighted by atomic mass is 35.5. The Kier molecular flexibility index (Phi) is 3.43. The van der Waals surface area contributed by atoms with Gasteiger partial charge in [0.1, 0.15) is 17.3 Å². The van der Waals surface area contributed by atoms with Crippen molar-refractivity contribution in [2.24, 2.45) is 0 Å². The number of rotatable bonds is 3. The molecule has 0 aliphatic rings. The number of aryl methyl sites for hydroxylation is 1. The minimum Gasteiger partial charge on any atom is -0.397 e. The number of halogens is 2. The van der Waals surface area contributed by atoms with Crippen LogP contribution in [0.15, 0.2) is 22.7 Å². The van der Waals surface area contributed by atoms with Gasteiger partial charge in [0.15, 0.2) is 0 Å². The van der Waals surface area contributed by atoms with Crippen molar-refractivity contribution < 1.29 is 8.91 Å². The number of anilines is 2. The lowest BCUT2D eigenvalue weighted by molar-refractivity contribution is 0.390. The van der Waals surface area contributed by atoms with Gasteiger partial charge >= 0.3 is 0 Å². The molecule has 0 fully saturated rings. The van der Waals surface area contributed by atoms with Crippen LogP contribution >= 0.6 is 11.6 Å². The van der Waals surface area contributed by atoms with Crippen LogP contribution in [0, 0.1) is 12.7 Å². The molecule has 6 heteroatoms. The molecule has 96 valence electrons. The molecule has 0 aliphatic carbocycles. The average molecular weight is 270 g/mol. The predicted molar refractivity (Wildman–Crippen MR) is 69.2 cm³/mol. The number of nitrogen functional groups attached to an aromatic ring is 1. The predicted octanol–water partition coefficient (Wildman–Crippen LogP) is 2.99. The SMILES string of the molecule is Cc1cc(CN(C)c2cc(F)c(Cl)cc2N)no1. The molecular weight excluding hydrogens is 257 g/mol. The van der Waals surface area contributed by atoms with E-state index in [4.69, 9.17) is 21.9 Å². The maximum atomic E-state index is 13.4. The van der Waals surface area contributed by atoms with Gasteiger partial charge in [-0.2, -0.15) is 0 Å². The van der Waals surface area contributed by atoms with Gasteiger partial charge < -0.3 is 15.2 Å². The topological polar surface area (TPSA) is 55.3 Å². The van der Waals surface area contributed by atoms with Gasteiger partial charge in [0, 0.05) is 19.2 Å². The summed E-state index contributed by atoms with van der Waals surface area (Å²) < 4.78 is 18.4. The van der Waals surface area contributed by atoms with E-state index in [9.17, 15) is 4.39 Å². The first-order valence-electron chi connectivity index (χ1n) is 5.35. The molecule has 1 aromatic heterocycles. The van der Waals surface area contributed by atoms with Crippen molar-refractivity contribution in [2.45, 2.75) is 13.5 Å². The number of nitrogens with two attached hydrogens (primary N) is 1. The number of hydrogen-bond acceptors (Lipinski definition) is 4. The minimum atomic E-state index is -0.496. The molecule has 1 heterocycles. The Morgan fingerprint density at radius 2 is 2.17 bits per heavy atom. The first kappa shape index (κ1) is 12.7. The third-order valence-corrected chi connectivity index (χ3v) is 2.85. The lowest BCUT2D eigenvalue weighted by Crippen LogP contribution is -2.18. The van der Waals surface area contributed by atoms with Gasteiger partial charge in [0.2, 0.25) is 0 Å². The van der Waals surface area contributed by atoms with Crippen LogP contribution < -0.4 is 10.6 Å². The highest BCUT2D eigenvalue weighted by Crippen LogP contribution is 2.29. The van der Waals surface area contributed by atoms with Gasteiger partial charge in [-0.05, 0) is 13.0 Å². The Bertz CT molecular complexity index is 570. The average Bonchev–Trinajstić information content (AvgIpc) is 2.69. The van der Waals surface area contributed by atoms with Crippen molar-refractivity contribution in [3.63, 3.8) is 0 Å². The van der Waals surface area contributed by atoms with Crippen LogP contribution in [0.4, 0.5) is 15.8 Å². The maximum Gasteiger partial charge on any atom is 0.144 e. The monoisotopic (exact) mass is 269 g/mol. The summed E-state index contributed by atoms with van der Waals surface area (Å²) >= 11 is 5.65. The van der Waals surface area contributed by atoms with Crippen molar-refractivity contribution in [3.8, 4) is 0 Å². The third kappa shape index (κ3) is 2.56. The van der Waals surface area contributed by atoms with E-state index >= 15 is 0 Å². The fourth-order valence-corrected chi connectivity index (χ4v) is 1.88. The number of benzene rings is 1. The molecule has 2 N–H and O–H groups in total. The van der Waals surface area contributed by atoms with Crippen molar-refractivity contribution in [1.29, 1.82) is 0 Å². The summed E-state index contributed by atoms with van der Waals surface area (Å²) in [5, 5.41) is 3.89. The molecular formula is C12H13ClFN3O. The van der Waals surface area contributed by atoms with Crippen LogP contribution in [-0.4, -0.2) is 12.2 Å². The molecule has 0 bridgehead atoms. The van der Waals surface area contributed by atoms with E-state index in [1.54, 1.807) is 11.9 Å². The van der Waals surface area contributed by atoms with Crippen molar-refractivity contribution in [2.75, 3.05) is 17.7 Å². The maximum absolute atomic E-state index is 13.4. The zero-order valence-corrected chi connectivity index (χ0v) is 10.8. The van der Waals surface area contributed by atoms with Gasteiger partial charge in [0.05, 0.1) is 22.9 Å². The van der Waals surface area contributed by atoms with Crippen LogP contribution in [0.1, 0.15) is 11.5 Å². The normalized spacial score (nSPS) is 10.7. The molecule has 0 aliphatic heterocycles. The minimum absolute atomic E-state index is 0.0157. The van der Waals surface area contributed by atoms with Gasteiger partial charge in [-0.25, -0.2) is 4.39 Å². The molecule has 0 unspecified atom stereocenters. The Morgan fingerprint density at radius 3 is 2.78 bits per heavy atom. The van der Waals surface area contributed by atoms with E-state index in [-0.39, 0.29) is 5.02 Å². The second-order valence-corrected chi connectivity index (χ2v) is 4.52. The second kappa shape index (κ2) is 4.86. The summed E-state index contributed by atoms with van der Waals surface area (Å²) in [7, 11) is 1.79. The van der Waals surface area contributed by atoms with E-state index in [2.05, 4.69) is 5.16 Å². The van der Waals surface area contributed by atoms with E-state index in [0.29, 0.717) is 17.9 Å². The van der Waals surface area contributed by atoms with Crippen molar-refractivity contribution >= 4 is 23.0 Å². The lowest BCUT2D eigenvalue weighted by Gasteiger charge is -2.20. The van der Waals surface area contributed by atoms with Gasteiger partial charge in [-0.15, -0.1) is 0 Å². The summed E-state index contributed by atoms with van der Waals surface area (Å²) in [6.45, 7) is 2.29. The Balaban J connectivity index is 2.23. The Hall–Kier alpha value is -1.75. The van der Waals surface area contributed by atoms with Crippen molar-refractivity contribution in [1.82, 2.24) is 5.16 Å². The van der Waals surface area contributed by atoms with Crippen LogP contribution in [-0.2, 0) is 6.54 Å². The lowest BCUT2D eigenvalue weighted by atomic mass is 10.2. The van der Waals surface area contributed by atoms with Gasteiger partial charge in [0.25, 0.3) is 0 Å². The van der Waals surface area contributed by atoms with Crippen LogP contribution in [0.25, 0.3) is 0 Å². The van der Waals surface area contributed by atoms with Crippen molar-refractivity contribution in [3.05, 3.63) is 40.5 Å². The number of aromatic nitrogens is 1. The highest BCUT2D eigenvalue weighted by Gasteiger charge is 2.12. The first-order chi connectivity index (χ1) is 8.47. The summed E-state index contributed by atoms with van der Waals surface area (Å²) in [5.74, 6) is 0.234. The Labute approximate surface area is 109 Å². The number of nitrogens with zero attached hydrogens (tertiary/aromatic N) is 2. The van der Waals surface area contributed by atoms with Gasteiger partial charge in [-0.3, -0.25) is 0 Å². The molecule has 0 saturated heterocycles. The molecule has 2 aromatic rings. The standard InChI is InChI=1S/C12H13ClFN3O/c1-7-3-8(16-18-7)6-17(2)12-5-10(14)9(13)4-11(12)15/h3-5H,6,15H2,1-2H3. The van der Waals surface area contributed by atoms with Crippen LogP contribution in [0.5, 0.6) is 0 Å². The molecule has 0 saturated carbocycles. The highest BCUT2D eigenvalue weighted by molar-refractivity contribution is 6.31. The summed E-state index contributed by atoms with van der Waals surface area (Å²) in [5.41, 5.74) is 7.56. The zero-order valence-electron chi connectivity index (χ0n) is 10.1. The summed E-state index contributed by atoms with van der Waals surface area (Å²) in [6, 6.07) is 4.53. The molecule has 2 rings (SSSR count). The summed E-state index contributed by atoms with van der Waals surface area (Å²) in [4.78, 5) is 1.78. The zero-order chi connectivity index (χ0) is 13.3. The van der Waals surface area contributed by atoms with E-state index in [1.807, 2.05) is 13.0 Å². The largest absolute Gasteiger partial charge is 0.397 e. The van der Waals surface area contributed by atoms with E-state index in [0.717, 1.165) is 11.5 Å². The Morgan fingerprint density at radius 1 is 1.44 bits per heavy atom. The van der Waals surface area contributed by atoms with E-state index < -0.39 is 5.82 Å². The van der Waals surface area contributed by atoms with Crippen LogP contribution in [0.3, 0.4) is 0 Å². The van der Waals surface area contributed by atoms with Crippen LogP contribution in [0.2, 0.25) is 5.02 Å². The van der Waals surface area contributed by atoms with E-state index in [1.165, 1.54) is 12.1 Å². The molecule has 0 atom stereocenters.